The summed E-state index contributed by atoms with van der Waals surface area (Å²) in [5, 5.41) is 15.8. The molecule has 0 spiro atoms. The Morgan fingerprint density at radius 1 is 1.37 bits per heavy atom. The van der Waals surface area contributed by atoms with Crippen molar-refractivity contribution in [2.45, 2.75) is 30.7 Å². The molecule has 10 heteroatoms. The van der Waals surface area contributed by atoms with Crippen molar-refractivity contribution >= 4 is 47.4 Å². The smallest absolute Gasteiger partial charge is 0.313 e. The van der Waals surface area contributed by atoms with E-state index in [1.807, 2.05) is 18.2 Å². The second kappa shape index (κ2) is 12.2. The molecule has 1 heterocycles. The maximum Gasteiger partial charge on any atom is 0.313 e. The van der Waals surface area contributed by atoms with Gasteiger partial charge in [0.25, 0.3) is 0 Å². The van der Waals surface area contributed by atoms with Crippen LogP contribution < -0.4 is 10.6 Å². The van der Waals surface area contributed by atoms with Gasteiger partial charge in [0.05, 0.1) is 16.8 Å². The number of amidine groups is 1. The first-order valence-electron chi connectivity index (χ1n) is 9.53. The van der Waals surface area contributed by atoms with E-state index in [9.17, 15) is 19.5 Å². The van der Waals surface area contributed by atoms with Gasteiger partial charge in [-0.15, -0.1) is 11.8 Å². The third-order valence-corrected chi connectivity index (χ3v) is 5.95. The predicted octanol–water partition coefficient (Wildman–Crippen LogP) is 2.15. The molecule has 1 fully saturated rings. The van der Waals surface area contributed by atoms with Crippen LogP contribution in [0.25, 0.3) is 0 Å². The molecular formula is C20H25ClN4O4S. The van der Waals surface area contributed by atoms with Gasteiger partial charge in [0, 0.05) is 24.5 Å². The molecule has 2 rings (SSSR count). The number of halogens is 1. The van der Waals surface area contributed by atoms with Crippen molar-refractivity contribution in [3.63, 3.8) is 0 Å². The number of rotatable bonds is 9. The fourth-order valence-electron chi connectivity index (χ4n) is 2.98. The van der Waals surface area contributed by atoms with E-state index >= 15 is 0 Å². The van der Waals surface area contributed by atoms with Gasteiger partial charge in [-0.2, -0.15) is 4.99 Å². The van der Waals surface area contributed by atoms with E-state index in [1.54, 1.807) is 11.0 Å². The van der Waals surface area contributed by atoms with Crippen LogP contribution in [0.2, 0.25) is 5.02 Å². The lowest BCUT2D eigenvalue weighted by Gasteiger charge is -2.26. The number of thioether (sulfide) groups is 1. The van der Waals surface area contributed by atoms with E-state index < -0.39 is 17.7 Å². The summed E-state index contributed by atoms with van der Waals surface area (Å²) >= 11 is 7.51. The minimum Gasteiger partial charge on any atom is -0.503 e. The highest BCUT2D eigenvalue weighted by molar-refractivity contribution is 8.00. The molecule has 0 bridgehead atoms. The Balaban J connectivity index is 2.12. The lowest BCUT2D eigenvalue weighted by atomic mass is 10.2. The Bertz CT molecular complexity index is 831. The minimum atomic E-state index is -0.784. The summed E-state index contributed by atoms with van der Waals surface area (Å²) in [6.07, 6.45) is 3.24. The van der Waals surface area contributed by atoms with Crippen molar-refractivity contribution in [2.24, 2.45) is 4.99 Å². The Morgan fingerprint density at radius 2 is 2.13 bits per heavy atom. The second-order valence-corrected chi connectivity index (χ2v) is 7.86. The van der Waals surface area contributed by atoms with E-state index in [0.717, 1.165) is 11.3 Å². The fourth-order valence-corrected chi connectivity index (χ4v) is 4.10. The van der Waals surface area contributed by atoms with E-state index in [-0.39, 0.29) is 11.7 Å². The molecule has 3 amide bonds. The van der Waals surface area contributed by atoms with Gasteiger partial charge < -0.3 is 20.6 Å². The number of hydrogen-bond donors (Lipinski definition) is 3. The maximum atomic E-state index is 12.9. The average molecular weight is 453 g/mol. The Kier molecular flexibility index (Phi) is 9.69. The van der Waals surface area contributed by atoms with Crippen molar-refractivity contribution in [1.82, 2.24) is 15.5 Å². The molecule has 30 heavy (non-hydrogen) atoms. The summed E-state index contributed by atoms with van der Waals surface area (Å²) in [5.41, 5.74) is 0. The van der Waals surface area contributed by atoms with Gasteiger partial charge >= 0.3 is 5.91 Å². The Hall–Kier alpha value is -2.52. The van der Waals surface area contributed by atoms with Crippen LogP contribution in [-0.2, 0) is 14.4 Å². The van der Waals surface area contributed by atoms with E-state index in [4.69, 9.17) is 11.6 Å². The summed E-state index contributed by atoms with van der Waals surface area (Å²) in [6, 6.07) is 6.91. The molecule has 1 aromatic carbocycles. The van der Waals surface area contributed by atoms with Gasteiger partial charge in [0.15, 0.2) is 5.76 Å². The lowest BCUT2D eigenvalue weighted by Crippen LogP contribution is -2.48. The molecule has 1 unspecified atom stereocenters. The SMILES string of the molecule is C/C=C(\O)C(=O)/N=C(\NCCNC=O)C1CCCN1C(=O)CSc1ccccc1Cl. The quantitative estimate of drug-likeness (QED) is 0.101. The molecule has 3 N–H and O–H groups in total. The first-order valence-corrected chi connectivity index (χ1v) is 10.9. The second-order valence-electron chi connectivity index (χ2n) is 6.44. The monoisotopic (exact) mass is 452 g/mol. The van der Waals surface area contributed by atoms with Crippen LogP contribution in [0.3, 0.4) is 0 Å². The van der Waals surface area contributed by atoms with Gasteiger partial charge in [-0.3, -0.25) is 14.4 Å². The van der Waals surface area contributed by atoms with E-state index in [1.165, 1.54) is 24.8 Å². The standard InChI is InChI=1S/C20H25ClN4O4S/c1-2-16(27)20(29)24-19(23-10-9-22-13-26)15-7-5-11-25(15)18(28)12-30-17-8-4-3-6-14(17)21/h2-4,6,8,13,15,27H,5,7,9-12H2,1H3,(H,22,26)(H,23,24,29)/b16-2-. The molecule has 1 saturated heterocycles. The molecule has 0 aromatic heterocycles. The van der Waals surface area contributed by atoms with Gasteiger partial charge in [-0.1, -0.05) is 23.7 Å². The number of aliphatic hydroxyl groups is 1. The highest BCUT2D eigenvalue weighted by Crippen LogP contribution is 2.28. The number of carbonyl (C=O) groups is 3. The molecule has 1 aliphatic heterocycles. The largest absolute Gasteiger partial charge is 0.503 e. The number of allylic oxidation sites excluding steroid dienone is 1. The van der Waals surface area contributed by atoms with Crippen molar-refractivity contribution < 1.29 is 19.5 Å². The lowest BCUT2D eigenvalue weighted by molar-refractivity contribution is -0.128. The molecular weight excluding hydrogens is 428 g/mol. The third kappa shape index (κ3) is 6.77. The average Bonchev–Trinajstić information content (AvgIpc) is 3.24. The van der Waals surface area contributed by atoms with Crippen LogP contribution in [-0.4, -0.2) is 65.5 Å². The van der Waals surface area contributed by atoms with Gasteiger partial charge in [-0.05, 0) is 38.0 Å². The third-order valence-electron chi connectivity index (χ3n) is 4.45. The van der Waals surface area contributed by atoms with Crippen LogP contribution in [0.1, 0.15) is 19.8 Å². The number of aliphatic hydroxyl groups excluding tert-OH is 1. The number of nitrogens with one attached hydrogen (secondary N) is 2. The number of amides is 3. The van der Waals surface area contributed by atoms with Crippen molar-refractivity contribution in [2.75, 3.05) is 25.4 Å². The topological polar surface area (TPSA) is 111 Å². The summed E-state index contributed by atoms with van der Waals surface area (Å²) in [4.78, 5) is 41.9. The molecule has 8 nitrogen and oxygen atoms in total. The van der Waals surface area contributed by atoms with E-state index in [2.05, 4.69) is 15.6 Å². The van der Waals surface area contributed by atoms with Crippen molar-refractivity contribution in [3.05, 3.63) is 41.1 Å². The highest BCUT2D eigenvalue weighted by atomic mass is 35.5. The molecule has 0 radical (unpaired) electrons. The Labute approximate surface area is 184 Å². The molecule has 0 saturated carbocycles. The first kappa shape index (κ1) is 23.8. The van der Waals surface area contributed by atoms with Crippen LogP contribution >= 0.6 is 23.4 Å². The zero-order valence-electron chi connectivity index (χ0n) is 16.6. The maximum absolute atomic E-state index is 12.9. The summed E-state index contributed by atoms with van der Waals surface area (Å²) in [7, 11) is 0. The number of aliphatic imine (C=N–C) groups is 1. The fraction of sp³-hybridized carbons (Fsp3) is 0.400. The minimum absolute atomic E-state index is 0.0920. The van der Waals surface area contributed by atoms with E-state index in [0.29, 0.717) is 43.3 Å². The normalized spacial score (nSPS) is 17.0. The van der Waals surface area contributed by atoms with Gasteiger partial charge in [-0.25, -0.2) is 0 Å². The number of benzene rings is 1. The summed E-state index contributed by atoms with van der Waals surface area (Å²) < 4.78 is 0. The highest BCUT2D eigenvalue weighted by Gasteiger charge is 2.33. The molecule has 1 atom stereocenters. The number of hydrogen-bond acceptors (Lipinski definition) is 5. The molecule has 162 valence electrons. The van der Waals surface area contributed by atoms with Crippen LogP contribution in [0.5, 0.6) is 0 Å². The van der Waals surface area contributed by atoms with Crippen molar-refractivity contribution in [1.29, 1.82) is 0 Å². The molecule has 1 aromatic rings. The van der Waals surface area contributed by atoms with Crippen LogP contribution in [0.4, 0.5) is 0 Å². The summed E-state index contributed by atoms with van der Waals surface area (Å²) in [5.74, 6) is -0.840. The van der Waals surface area contributed by atoms with Crippen LogP contribution in [0.15, 0.2) is 46.0 Å². The zero-order valence-corrected chi connectivity index (χ0v) is 18.2. The predicted molar refractivity (Wildman–Crippen MR) is 118 cm³/mol. The van der Waals surface area contributed by atoms with Gasteiger partial charge in [0.2, 0.25) is 12.3 Å². The molecule has 0 aliphatic carbocycles. The molecule has 1 aliphatic rings. The first-order chi connectivity index (χ1) is 14.5. The number of carbonyl (C=O) groups excluding carboxylic acids is 3. The zero-order chi connectivity index (χ0) is 21.9. The van der Waals surface area contributed by atoms with Gasteiger partial charge in [0.1, 0.15) is 5.84 Å². The number of likely N-dealkylation sites (tertiary alicyclic amines) is 1. The van der Waals surface area contributed by atoms with Crippen LogP contribution in [0, 0.1) is 0 Å². The summed E-state index contributed by atoms with van der Waals surface area (Å²) in [6.45, 7) is 2.73. The number of nitrogens with zero attached hydrogens (tertiary/aromatic N) is 2. The Morgan fingerprint density at radius 3 is 2.83 bits per heavy atom. The van der Waals surface area contributed by atoms with Crippen molar-refractivity contribution in [3.8, 4) is 0 Å².